The first kappa shape index (κ1) is 15.7. The van der Waals surface area contributed by atoms with Crippen molar-refractivity contribution in [3.63, 3.8) is 0 Å². The normalized spacial score (nSPS) is 26.0. The van der Waals surface area contributed by atoms with Gasteiger partial charge in [0.05, 0.1) is 10.6 Å². The van der Waals surface area contributed by atoms with Crippen LogP contribution in [0.25, 0.3) is 11.3 Å². The summed E-state index contributed by atoms with van der Waals surface area (Å²) in [6.45, 7) is 1.55. The van der Waals surface area contributed by atoms with Crippen molar-refractivity contribution >= 4 is 17.5 Å². The van der Waals surface area contributed by atoms with Crippen LogP contribution in [0.3, 0.4) is 0 Å². The van der Waals surface area contributed by atoms with E-state index in [0.717, 1.165) is 31.5 Å². The maximum Gasteiger partial charge on any atom is 0.257 e. The Hall–Kier alpha value is -1.85. The molecule has 1 aromatic carbocycles. The quantitative estimate of drug-likeness (QED) is 0.910. The Morgan fingerprint density at radius 2 is 2.08 bits per heavy atom. The molecular weight excluding hydrogens is 324 g/mol. The molecule has 1 aliphatic carbocycles. The van der Waals surface area contributed by atoms with Gasteiger partial charge in [-0.25, -0.2) is 0 Å². The van der Waals surface area contributed by atoms with Crippen molar-refractivity contribution in [1.29, 1.82) is 0 Å². The molecule has 2 heterocycles. The third-order valence-electron chi connectivity index (χ3n) is 5.39. The standard InChI is InChI=1S/C18H21ClN4O/c1-22-9-14(17(21-22)12-4-2-3-5-15(12)19)18(24)23-8-11-6-7-16(20)13(11)10-23/h2-5,9,11,13,16H,6-8,10,20H2,1H3. The Morgan fingerprint density at radius 1 is 1.29 bits per heavy atom. The van der Waals surface area contributed by atoms with E-state index in [1.807, 2.05) is 36.2 Å². The van der Waals surface area contributed by atoms with Crippen LogP contribution >= 0.6 is 11.6 Å². The number of likely N-dealkylation sites (tertiary alicyclic amines) is 1. The number of aromatic nitrogens is 2. The highest BCUT2D eigenvalue weighted by Crippen LogP contribution is 2.38. The maximum atomic E-state index is 13.1. The third-order valence-corrected chi connectivity index (χ3v) is 5.72. The molecule has 2 N–H and O–H groups in total. The molecular formula is C18H21ClN4O. The van der Waals surface area contributed by atoms with Crippen LogP contribution in [0, 0.1) is 11.8 Å². The lowest BCUT2D eigenvalue weighted by Crippen LogP contribution is -2.33. The molecule has 1 amide bonds. The Labute approximate surface area is 146 Å². The van der Waals surface area contributed by atoms with Crippen LogP contribution in [-0.2, 0) is 7.05 Å². The first-order valence-corrected chi connectivity index (χ1v) is 8.76. The molecule has 2 aliphatic rings. The van der Waals surface area contributed by atoms with Crippen molar-refractivity contribution in [2.75, 3.05) is 13.1 Å². The first-order valence-electron chi connectivity index (χ1n) is 8.38. The fourth-order valence-corrected chi connectivity index (χ4v) is 4.37. The number of benzene rings is 1. The highest BCUT2D eigenvalue weighted by atomic mass is 35.5. The average molecular weight is 345 g/mol. The highest BCUT2D eigenvalue weighted by Gasteiger charge is 2.43. The zero-order valence-corrected chi connectivity index (χ0v) is 14.4. The number of nitrogens with zero attached hydrogens (tertiary/aromatic N) is 3. The number of aryl methyl sites for hydroxylation is 1. The molecule has 126 valence electrons. The maximum absolute atomic E-state index is 13.1. The lowest BCUT2D eigenvalue weighted by molar-refractivity contribution is 0.0780. The van der Waals surface area contributed by atoms with Crippen LogP contribution in [-0.4, -0.2) is 39.7 Å². The summed E-state index contributed by atoms with van der Waals surface area (Å²) in [7, 11) is 1.83. The molecule has 1 saturated heterocycles. The fourth-order valence-electron chi connectivity index (χ4n) is 4.14. The number of fused-ring (bicyclic) bond motifs is 1. The second-order valence-corrected chi connectivity index (χ2v) is 7.33. The van der Waals surface area contributed by atoms with Gasteiger partial charge >= 0.3 is 0 Å². The summed E-state index contributed by atoms with van der Waals surface area (Å²) >= 11 is 6.31. The number of amides is 1. The van der Waals surface area contributed by atoms with E-state index in [-0.39, 0.29) is 11.9 Å². The lowest BCUT2D eigenvalue weighted by atomic mass is 9.98. The second kappa shape index (κ2) is 5.90. The smallest absolute Gasteiger partial charge is 0.257 e. The minimum Gasteiger partial charge on any atom is -0.338 e. The number of nitrogens with two attached hydrogens (primary N) is 1. The predicted molar refractivity (Wildman–Crippen MR) is 93.7 cm³/mol. The van der Waals surface area contributed by atoms with E-state index in [1.165, 1.54) is 0 Å². The molecule has 5 nitrogen and oxygen atoms in total. The monoisotopic (exact) mass is 344 g/mol. The summed E-state index contributed by atoms with van der Waals surface area (Å²) in [4.78, 5) is 15.0. The van der Waals surface area contributed by atoms with E-state index < -0.39 is 0 Å². The predicted octanol–water partition coefficient (Wildman–Crippen LogP) is 2.55. The van der Waals surface area contributed by atoms with Crippen LogP contribution in [0.15, 0.2) is 30.5 Å². The molecule has 3 unspecified atom stereocenters. The van der Waals surface area contributed by atoms with Gasteiger partial charge in [0.1, 0.15) is 5.69 Å². The zero-order valence-electron chi connectivity index (χ0n) is 13.7. The molecule has 3 atom stereocenters. The van der Waals surface area contributed by atoms with Crippen LogP contribution in [0.1, 0.15) is 23.2 Å². The zero-order chi connectivity index (χ0) is 16.8. The minimum absolute atomic E-state index is 0.0274. The van der Waals surface area contributed by atoms with Gasteiger partial charge in [-0.05, 0) is 30.7 Å². The van der Waals surface area contributed by atoms with Crippen molar-refractivity contribution in [1.82, 2.24) is 14.7 Å². The number of carbonyl (C=O) groups excluding carboxylic acids is 1. The first-order chi connectivity index (χ1) is 11.5. The molecule has 24 heavy (non-hydrogen) atoms. The molecule has 4 rings (SSSR count). The largest absolute Gasteiger partial charge is 0.338 e. The van der Waals surface area contributed by atoms with Gasteiger partial charge in [0.25, 0.3) is 5.91 Å². The van der Waals surface area contributed by atoms with E-state index in [2.05, 4.69) is 5.10 Å². The Balaban J connectivity index is 1.66. The van der Waals surface area contributed by atoms with Crippen LogP contribution in [0.2, 0.25) is 5.02 Å². The van der Waals surface area contributed by atoms with Crippen LogP contribution in [0.5, 0.6) is 0 Å². The topological polar surface area (TPSA) is 64.2 Å². The number of carbonyl (C=O) groups is 1. The molecule has 0 radical (unpaired) electrons. The van der Waals surface area contributed by atoms with Crippen LogP contribution < -0.4 is 5.73 Å². The van der Waals surface area contributed by atoms with Gasteiger partial charge in [0, 0.05) is 37.9 Å². The summed E-state index contributed by atoms with van der Waals surface area (Å²) in [6, 6.07) is 7.72. The number of hydrogen-bond acceptors (Lipinski definition) is 3. The Kier molecular flexibility index (Phi) is 3.85. The van der Waals surface area contributed by atoms with E-state index in [1.54, 1.807) is 10.9 Å². The highest BCUT2D eigenvalue weighted by molar-refractivity contribution is 6.33. The minimum atomic E-state index is 0.0274. The molecule has 0 bridgehead atoms. The van der Waals surface area contributed by atoms with Gasteiger partial charge in [-0.15, -0.1) is 0 Å². The summed E-state index contributed by atoms with van der Waals surface area (Å²) < 4.78 is 1.68. The van der Waals surface area contributed by atoms with Crippen molar-refractivity contribution in [3.05, 3.63) is 41.0 Å². The van der Waals surface area contributed by atoms with Crippen molar-refractivity contribution in [2.45, 2.75) is 18.9 Å². The van der Waals surface area contributed by atoms with Gasteiger partial charge < -0.3 is 10.6 Å². The third kappa shape index (κ3) is 2.52. The van der Waals surface area contributed by atoms with Gasteiger partial charge in [-0.2, -0.15) is 5.10 Å². The van der Waals surface area contributed by atoms with Gasteiger partial charge in [0.2, 0.25) is 0 Å². The summed E-state index contributed by atoms with van der Waals surface area (Å²) in [5.74, 6) is 1.01. The Bertz CT molecular complexity index is 787. The number of rotatable bonds is 2. The summed E-state index contributed by atoms with van der Waals surface area (Å²) in [6.07, 6.45) is 3.99. The van der Waals surface area contributed by atoms with Crippen molar-refractivity contribution in [3.8, 4) is 11.3 Å². The molecule has 6 heteroatoms. The van der Waals surface area contributed by atoms with E-state index >= 15 is 0 Å². The molecule has 1 aromatic heterocycles. The Morgan fingerprint density at radius 3 is 2.83 bits per heavy atom. The van der Waals surface area contributed by atoms with E-state index in [9.17, 15) is 4.79 Å². The van der Waals surface area contributed by atoms with E-state index in [0.29, 0.717) is 28.1 Å². The lowest BCUT2D eigenvalue weighted by Gasteiger charge is -2.18. The second-order valence-electron chi connectivity index (χ2n) is 6.92. The molecule has 2 aromatic rings. The van der Waals surface area contributed by atoms with Gasteiger partial charge in [0.15, 0.2) is 0 Å². The van der Waals surface area contributed by atoms with Crippen molar-refractivity contribution < 1.29 is 4.79 Å². The average Bonchev–Trinajstić information content (AvgIpc) is 3.23. The molecule has 0 spiro atoms. The fraction of sp³-hybridized carbons (Fsp3) is 0.444. The van der Waals surface area contributed by atoms with E-state index in [4.69, 9.17) is 17.3 Å². The van der Waals surface area contributed by atoms with Gasteiger partial charge in [-0.1, -0.05) is 29.8 Å². The SMILES string of the molecule is Cn1cc(C(=O)N2CC3CCC(N)C3C2)c(-c2ccccc2Cl)n1. The van der Waals surface area contributed by atoms with Gasteiger partial charge in [-0.3, -0.25) is 9.48 Å². The number of halogens is 1. The molecule has 1 aliphatic heterocycles. The molecule has 2 fully saturated rings. The van der Waals surface area contributed by atoms with Crippen molar-refractivity contribution in [2.24, 2.45) is 24.6 Å². The summed E-state index contributed by atoms with van der Waals surface area (Å²) in [5, 5.41) is 5.08. The number of hydrogen-bond donors (Lipinski definition) is 1. The molecule has 1 saturated carbocycles. The summed E-state index contributed by atoms with van der Waals surface area (Å²) in [5.41, 5.74) is 8.24. The van der Waals surface area contributed by atoms with Crippen LogP contribution in [0.4, 0.5) is 0 Å².